The largest absolute Gasteiger partial charge is 0.497 e. The Hall–Kier alpha value is -2.15. The molecule has 1 fully saturated rings. The number of aliphatic carboxylic acids is 1. The first-order valence-electron chi connectivity index (χ1n) is 6.78. The number of carbonyl (C=O) groups is 1. The summed E-state index contributed by atoms with van der Waals surface area (Å²) in [6, 6.07) is 7.17. The van der Waals surface area contributed by atoms with E-state index in [1.54, 1.807) is 31.4 Å². The third-order valence-corrected chi connectivity index (χ3v) is 3.41. The first kappa shape index (κ1) is 14.3. The van der Waals surface area contributed by atoms with E-state index in [1.807, 2.05) is 6.92 Å². The molecular formula is C16H19NO3. The average molecular weight is 273 g/mol. The second kappa shape index (κ2) is 5.87. The maximum absolute atomic E-state index is 11.6. The van der Waals surface area contributed by atoms with Crippen LogP contribution in [0.3, 0.4) is 0 Å². The summed E-state index contributed by atoms with van der Waals surface area (Å²) in [6.07, 6.45) is 2.55. The summed E-state index contributed by atoms with van der Waals surface area (Å²) in [4.78, 5) is 11.6. The van der Waals surface area contributed by atoms with Crippen LogP contribution in [0.4, 0.5) is 5.69 Å². The number of benzene rings is 1. The predicted molar refractivity (Wildman–Crippen MR) is 77.8 cm³/mol. The van der Waals surface area contributed by atoms with Crippen molar-refractivity contribution in [2.24, 2.45) is 5.92 Å². The number of carboxylic acids is 1. The summed E-state index contributed by atoms with van der Waals surface area (Å²) >= 11 is 0. The molecule has 0 radical (unpaired) electrons. The third kappa shape index (κ3) is 3.24. The quantitative estimate of drug-likeness (QED) is 0.810. The number of rotatable bonds is 5. The van der Waals surface area contributed by atoms with Gasteiger partial charge in [0.25, 0.3) is 0 Å². The zero-order chi connectivity index (χ0) is 14.6. The maximum Gasteiger partial charge on any atom is 0.342 e. The molecule has 4 heteroatoms. The van der Waals surface area contributed by atoms with Gasteiger partial charge in [0, 0.05) is 11.6 Å². The number of nitrogens with one attached hydrogen (secondary N) is 1. The fourth-order valence-corrected chi connectivity index (χ4v) is 1.84. The van der Waals surface area contributed by atoms with Crippen LogP contribution in [-0.4, -0.2) is 23.7 Å². The molecule has 0 bridgehead atoms. The van der Waals surface area contributed by atoms with Gasteiger partial charge >= 0.3 is 5.97 Å². The van der Waals surface area contributed by atoms with Gasteiger partial charge in [-0.1, -0.05) is 18.8 Å². The van der Waals surface area contributed by atoms with Crippen LogP contribution in [0.15, 0.2) is 24.3 Å². The lowest BCUT2D eigenvalue weighted by molar-refractivity contribution is -0.140. The third-order valence-electron chi connectivity index (χ3n) is 3.41. The van der Waals surface area contributed by atoms with Gasteiger partial charge in [0.05, 0.1) is 7.11 Å². The minimum atomic E-state index is -1.23. The first-order chi connectivity index (χ1) is 9.59. The molecule has 106 valence electrons. The molecule has 20 heavy (non-hydrogen) atoms. The summed E-state index contributed by atoms with van der Waals surface area (Å²) in [5, 5.41) is 12.6. The molecule has 0 heterocycles. The molecular weight excluding hydrogens is 254 g/mol. The predicted octanol–water partition coefficient (Wildman–Crippen LogP) is 2.75. The highest BCUT2D eigenvalue weighted by Gasteiger charge is 2.35. The lowest BCUT2D eigenvalue weighted by Gasteiger charge is -2.25. The highest BCUT2D eigenvalue weighted by atomic mass is 16.5. The number of hydrogen-bond donors (Lipinski definition) is 2. The average Bonchev–Trinajstić information content (AvgIpc) is 3.28. The van der Waals surface area contributed by atoms with E-state index in [-0.39, 0.29) is 0 Å². The van der Waals surface area contributed by atoms with E-state index in [0.717, 1.165) is 24.3 Å². The smallest absolute Gasteiger partial charge is 0.342 e. The van der Waals surface area contributed by atoms with Crippen LogP contribution in [0.2, 0.25) is 0 Å². The fraction of sp³-hybridized carbons (Fsp3) is 0.438. The van der Waals surface area contributed by atoms with Crippen molar-refractivity contribution in [3.05, 3.63) is 24.3 Å². The van der Waals surface area contributed by atoms with E-state index in [0.29, 0.717) is 12.3 Å². The maximum atomic E-state index is 11.6. The molecule has 1 aromatic carbocycles. The summed E-state index contributed by atoms with van der Waals surface area (Å²) in [6.45, 7) is 1.83. The molecule has 1 aromatic rings. The van der Waals surface area contributed by atoms with Gasteiger partial charge in [-0.2, -0.15) is 0 Å². The van der Waals surface area contributed by atoms with Gasteiger partial charge in [0.1, 0.15) is 5.75 Å². The molecule has 0 saturated heterocycles. The van der Waals surface area contributed by atoms with Gasteiger partial charge in [0.15, 0.2) is 5.54 Å². The molecule has 1 unspecified atom stereocenters. The Labute approximate surface area is 119 Å². The second-order valence-electron chi connectivity index (χ2n) is 4.96. The van der Waals surface area contributed by atoms with Gasteiger partial charge in [-0.3, -0.25) is 0 Å². The molecule has 0 aromatic heterocycles. The molecule has 1 saturated carbocycles. The Morgan fingerprint density at radius 2 is 2.10 bits per heavy atom. The molecule has 1 aliphatic rings. The summed E-state index contributed by atoms with van der Waals surface area (Å²) in [5.41, 5.74) is -0.503. The van der Waals surface area contributed by atoms with Crippen molar-refractivity contribution in [2.75, 3.05) is 12.4 Å². The Balaban J connectivity index is 2.22. The van der Waals surface area contributed by atoms with Gasteiger partial charge in [-0.15, -0.1) is 0 Å². The standard InChI is InChI=1S/C16H19NO3/c1-3-16(15(18)19,11-10-12-4-5-12)17-13-6-8-14(20-2)9-7-13/h6-9,12,17H,3-5H2,1-2H3,(H,18,19). The minimum absolute atomic E-state index is 0.373. The number of carboxylic acid groups (broad SMARTS) is 1. The molecule has 4 nitrogen and oxygen atoms in total. The van der Waals surface area contributed by atoms with Crippen LogP contribution in [0.25, 0.3) is 0 Å². The van der Waals surface area contributed by atoms with Crippen LogP contribution >= 0.6 is 0 Å². The van der Waals surface area contributed by atoms with E-state index in [2.05, 4.69) is 17.2 Å². The number of hydrogen-bond acceptors (Lipinski definition) is 3. The number of ether oxygens (including phenoxy) is 1. The van der Waals surface area contributed by atoms with Crippen LogP contribution in [-0.2, 0) is 4.79 Å². The Morgan fingerprint density at radius 3 is 2.55 bits per heavy atom. The van der Waals surface area contributed by atoms with Crippen molar-refractivity contribution in [1.29, 1.82) is 0 Å². The van der Waals surface area contributed by atoms with E-state index < -0.39 is 11.5 Å². The Bertz CT molecular complexity index is 537. The number of anilines is 1. The topological polar surface area (TPSA) is 58.6 Å². The van der Waals surface area contributed by atoms with Crippen molar-refractivity contribution in [2.45, 2.75) is 31.7 Å². The lowest BCUT2D eigenvalue weighted by atomic mass is 9.96. The molecule has 1 atom stereocenters. The van der Waals surface area contributed by atoms with Crippen molar-refractivity contribution in [3.8, 4) is 17.6 Å². The van der Waals surface area contributed by atoms with Crippen LogP contribution < -0.4 is 10.1 Å². The van der Waals surface area contributed by atoms with E-state index in [9.17, 15) is 9.90 Å². The monoisotopic (exact) mass is 273 g/mol. The molecule has 0 amide bonds. The first-order valence-corrected chi connectivity index (χ1v) is 6.78. The van der Waals surface area contributed by atoms with Crippen LogP contribution in [0, 0.1) is 17.8 Å². The van der Waals surface area contributed by atoms with Crippen molar-refractivity contribution in [1.82, 2.24) is 0 Å². The van der Waals surface area contributed by atoms with Crippen molar-refractivity contribution >= 4 is 11.7 Å². The molecule has 0 aliphatic heterocycles. The van der Waals surface area contributed by atoms with Crippen LogP contribution in [0.5, 0.6) is 5.75 Å². The van der Waals surface area contributed by atoms with Crippen LogP contribution in [0.1, 0.15) is 26.2 Å². The normalized spacial score (nSPS) is 16.5. The zero-order valence-corrected chi connectivity index (χ0v) is 11.8. The van der Waals surface area contributed by atoms with E-state index in [1.165, 1.54) is 0 Å². The number of methoxy groups -OCH3 is 1. The van der Waals surface area contributed by atoms with E-state index >= 15 is 0 Å². The highest BCUT2D eigenvalue weighted by molar-refractivity contribution is 5.87. The summed E-state index contributed by atoms with van der Waals surface area (Å²) in [5.74, 6) is 6.15. The molecule has 2 rings (SSSR count). The summed E-state index contributed by atoms with van der Waals surface area (Å²) < 4.78 is 5.09. The lowest BCUT2D eigenvalue weighted by Crippen LogP contribution is -2.44. The molecule has 0 spiro atoms. The molecule has 2 N–H and O–H groups in total. The minimum Gasteiger partial charge on any atom is -0.497 e. The SMILES string of the molecule is CCC(C#CC1CC1)(Nc1ccc(OC)cc1)C(=O)O. The van der Waals surface area contributed by atoms with Gasteiger partial charge < -0.3 is 15.2 Å². The fourth-order valence-electron chi connectivity index (χ4n) is 1.84. The van der Waals surface area contributed by atoms with Crippen molar-refractivity contribution in [3.63, 3.8) is 0 Å². The summed E-state index contributed by atoms with van der Waals surface area (Å²) in [7, 11) is 1.59. The Kier molecular flexibility index (Phi) is 4.19. The van der Waals surface area contributed by atoms with Gasteiger partial charge in [-0.25, -0.2) is 4.79 Å². The zero-order valence-electron chi connectivity index (χ0n) is 11.8. The van der Waals surface area contributed by atoms with Gasteiger partial charge in [-0.05, 0) is 43.5 Å². The van der Waals surface area contributed by atoms with E-state index in [4.69, 9.17) is 4.74 Å². The highest BCUT2D eigenvalue weighted by Crippen LogP contribution is 2.28. The Morgan fingerprint density at radius 1 is 1.45 bits per heavy atom. The van der Waals surface area contributed by atoms with Gasteiger partial charge in [0.2, 0.25) is 0 Å². The van der Waals surface area contributed by atoms with Crippen molar-refractivity contribution < 1.29 is 14.6 Å². The second-order valence-corrected chi connectivity index (χ2v) is 4.96. The molecule has 1 aliphatic carbocycles.